The highest BCUT2D eigenvalue weighted by Crippen LogP contribution is 2.27. The fourth-order valence-electron chi connectivity index (χ4n) is 4.24. The Morgan fingerprint density at radius 1 is 1.05 bits per heavy atom. The molecule has 0 saturated carbocycles. The van der Waals surface area contributed by atoms with Crippen LogP contribution in [0.15, 0.2) is 77.6 Å². The lowest BCUT2D eigenvalue weighted by Gasteiger charge is -2.24. The third-order valence-corrected chi connectivity index (χ3v) is 6.46. The molecule has 0 bridgehead atoms. The zero-order valence-electron chi connectivity index (χ0n) is 23.1. The van der Waals surface area contributed by atoms with Crippen molar-refractivity contribution in [2.45, 2.75) is 32.9 Å². The van der Waals surface area contributed by atoms with Gasteiger partial charge in [0.1, 0.15) is 5.76 Å². The summed E-state index contributed by atoms with van der Waals surface area (Å²) in [5.74, 6) is 0.610. The summed E-state index contributed by atoms with van der Waals surface area (Å²) in [7, 11) is 3.90. The quantitative estimate of drug-likeness (QED) is 0.281. The normalized spacial score (nSPS) is 10.9. The summed E-state index contributed by atoms with van der Waals surface area (Å²) < 4.78 is 7.82. The van der Waals surface area contributed by atoms with E-state index in [1.54, 1.807) is 41.7 Å². The standard InChI is InChI=1S/C31H34N6O3/c1-4-5-30(38)37(21-27-19-33-22-36(27)20-24-8-6-23(18-32)7-9-24)26-12-10-25(11-13-26)28-14-15-29(40-28)31(39)34-16-17-35(2)3/h6-15,19,22H,4-5,16-17,20-21H2,1-3H3,(H,34,39). The Bertz CT molecular complexity index is 1460. The molecule has 0 fully saturated rings. The molecule has 0 aliphatic heterocycles. The van der Waals surface area contributed by atoms with Crippen LogP contribution in [-0.2, 0) is 17.9 Å². The fraction of sp³-hybridized carbons (Fsp3) is 0.290. The molecule has 0 aliphatic rings. The lowest BCUT2D eigenvalue weighted by atomic mass is 10.1. The Hall–Kier alpha value is -4.68. The van der Waals surface area contributed by atoms with Gasteiger partial charge in [0.2, 0.25) is 5.91 Å². The minimum Gasteiger partial charge on any atom is -0.451 e. The largest absolute Gasteiger partial charge is 0.451 e. The van der Waals surface area contributed by atoms with Crippen LogP contribution in [0.5, 0.6) is 0 Å². The summed E-state index contributed by atoms with van der Waals surface area (Å²) in [5, 5.41) is 11.9. The highest BCUT2D eigenvalue weighted by atomic mass is 16.3. The number of rotatable bonds is 12. The summed E-state index contributed by atoms with van der Waals surface area (Å²) in [6, 6.07) is 20.6. The molecule has 4 aromatic rings. The number of hydrogen-bond donors (Lipinski definition) is 1. The Morgan fingerprint density at radius 2 is 1.80 bits per heavy atom. The van der Waals surface area contributed by atoms with E-state index in [4.69, 9.17) is 9.68 Å². The molecule has 1 N–H and O–H groups in total. The first kappa shape index (κ1) is 28.3. The molecule has 0 unspecified atom stereocenters. The van der Waals surface area contributed by atoms with Crippen molar-refractivity contribution in [2.75, 3.05) is 32.1 Å². The van der Waals surface area contributed by atoms with Crippen LogP contribution in [0.4, 0.5) is 5.69 Å². The van der Waals surface area contributed by atoms with E-state index in [1.807, 2.05) is 66.9 Å². The van der Waals surface area contributed by atoms with Gasteiger partial charge in [-0.2, -0.15) is 5.26 Å². The maximum absolute atomic E-state index is 13.2. The highest BCUT2D eigenvalue weighted by Gasteiger charge is 2.19. The molecule has 4 rings (SSSR count). The zero-order valence-corrected chi connectivity index (χ0v) is 23.1. The maximum atomic E-state index is 13.2. The van der Waals surface area contributed by atoms with E-state index < -0.39 is 0 Å². The number of carbonyl (C=O) groups excluding carboxylic acids is 2. The monoisotopic (exact) mass is 538 g/mol. The van der Waals surface area contributed by atoms with Gasteiger partial charge in [0.15, 0.2) is 5.76 Å². The van der Waals surface area contributed by atoms with E-state index in [1.165, 1.54) is 0 Å². The number of imidazole rings is 1. The highest BCUT2D eigenvalue weighted by molar-refractivity contribution is 5.94. The molecule has 9 nitrogen and oxygen atoms in total. The Morgan fingerprint density at radius 3 is 2.48 bits per heavy atom. The average Bonchev–Trinajstić information content (AvgIpc) is 3.62. The summed E-state index contributed by atoms with van der Waals surface area (Å²) in [5.41, 5.74) is 4.13. The average molecular weight is 539 g/mol. The van der Waals surface area contributed by atoms with Crippen molar-refractivity contribution in [3.8, 4) is 17.4 Å². The van der Waals surface area contributed by atoms with Gasteiger partial charge in [0.25, 0.3) is 5.91 Å². The number of aromatic nitrogens is 2. The minimum absolute atomic E-state index is 0.0241. The molecule has 2 heterocycles. The van der Waals surface area contributed by atoms with Gasteiger partial charge in [-0.05, 0) is 74.6 Å². The molecule has 40 heavy (non-hydrogen) atoms. The molecular formula is C31H34N6O3. The number of nitrogens with zero attached hydrogens (tertiary/aromatic N) is 5. The number of nitriles is 1. The number of likely N-dealkylation sites (N-methyl/N-ethyl adjacent to an activating group) is 1. The van der Waals surface area contributed by atoms with Crippen molar-refractivity contribution in [1.29, 1.82) is 5.26 Å². The van der Waals surface area contributed by atoms with Crippen molar-refractivity contribution >= 4 is 17.5 Å². The molecule has 0 spiro atoms. The molecule has 2 aromatic heterocycles. The van der Waals surface area contributed by atoms with Crippen molar-refractivity contribution in [2.24, 2.45) is 0 Å². The zero-order chi connectivity index (χ0) is 28.5. The third kappa shape index (κ3) is 7.24. The van der Waals surface area contributed by atoms with Gasteiger partial charge in [-0.15, -0.1) is 0 Å². The van der Waals surface area contributed by atoms with E-state index in [0.29, 0.717) is 37.4 Å². The van der Waals surface area contributed by atoms with Crippen LogP contribution in [0.3, 0.4) is 0 Å². The lowest BCUT2D eigenvalue weighted by Crippen LogP contribution is -2.31. The first-order valence-electron chi connectivity index (χ1n) is 13.3. The number of furan rings is 1. The fourth-order valence-corrected chi connectivity index (χ4v) is 4.24. The molecular weight excluding hydrogens is 504 g/mol. The Labute approximate surface area is 234 Å². The number of nitrogens with one attached hydrogen (secondary N) is 1. The SMILES string of the molecule is CCCC(=O)N(Cc1cncn1Cc1ccc(C#N)cc1)c1ccc(-c2ccc(C(=O)NCCN(C)C)o2)cc1. The number of amides is 2. The number of carbonyl (C=O) groups is 2. The van der Waals surface area contributed by atoms with Crippen molar-refractivity contribution in [3.63, 3.8) is 0 Å². The molecule has 0 atom stereocenters. The second-order valence-electron chi connectivity index (χ2n) is 9.82. The van der Waals surface area contributed by atoms with E-state index >= 15 is 0 Å². The number of anilines is 1. The molecule has 9 heteroatoms. The van der Waals surface area contributed by atoms with E-state index in [-0.39, 0.29) is 17.6 Å². The number of benzene rings is 2. The molecule has 2 aromatic carbocycles. The first-order chi connectivity index (χ1) is 19.4. The van der Waals surface area contributed by atoms with Gasteiger partial charge < -0.3 is 24.1 Å². The van der Waals surface area contributed by atoms with E-state index in [9.17, 15) is 9.59 Å². The van der Waals surface area contributed by atoms with Gasteiger partial charge in [-0.3, -0.25) is 9.59 Å². The molecule has 206 valence electrons. The van der Waals surface area contributed by atoms with Gasteiger partial charge in [0, 0.05) is 43.5 Å². The smallest absolute Gasteiger partial charge is 0.287 e. The van der Waals surface area contributed by atoms with Crippen molar-refractivity contribution in [1.82, 2.24) is 19.8 Å². The number of hydrogen-bond acceptors (Lipinski definition) is 6. The Kier molecular flexibility index (Phi) is 9.49. The second-order valence-corrected chi connectivity index (χ2v) is 9.82. The topological polar surface area (TPSA) is 107 Å². The van der Waals surface area contributed by atoms with Crippen LogP contribution < -0.4 is 10.2 Å². The van der Waals surface area contributed by atoms with Crippen LogP contribution in [0.25, 0.3) is 11.3 Å². The summed E-state index contributed by atoms with van der Waals surface area (Å²) in [6.45, 7) is 4.21. The van der Waals surface area contributed by atoms with Crippen LogP contribution >= 0.6 is 0 Å². The summed E-state index contributed by atoms with van der Waals surface area (Å²) in [6.07, 6.45) is 4.70. The third-order valence-electron chi connectivity index (χ3n) is 6.46. The molecule has 0 saturated heterocycles. The van der Waals surface area contributed by atoms with Crippen LogP contribution in [0, 0.1) is 11.3 Å². The van der Waals surface area contributed by atoms with Crippen molar-refractivity contribution < 1.29 is 14.0 Å². The predicted octanol–water partition coefficient (Wildman–Crippen LogP) is 4.69. The maximum Gasteiger partial charge on any atom is 0.287 e. The van der Waals surface area contributed by atoms with Crippen LogP contribution in [0.2, 0.25) is 0 Å². The predicted molar refractivity (Wildman–Crippen MR) is 154 cm³/mol. The lowest BCUT2D eigenvalue weighted by molar-refractivity contribution is -0.118. The van der Waals surface area contributed by atoms with Gasteiger partial charge in [0.05, 0.1) is 30.2 Å². The van der Waals surface area contributed by atoms with E-state index in [0.717, 1.165) is 35.5 Å². The Balaban J connectivity index is 1.49. The second kappa shape index (κ2) is 13.4. The van der Waals surface area contributed by atoms with E-state index in [2.05, 4.69) is 16.4 Å². The molecule has 0 aliphatic carbocycles. The summed E-state index contributed by atoms with van der Waals surface area (Å²) in [4.78, 5) is 33.6. The van der Waals surface area contributed by atoms with Crippen molar-refractivity contribution in [3.05, 3.63) is 95.8 Å². The van der Waals surface area contributed by atoms with Crippen LogP contribution in [0.1, 0.15) is 47.1 Å². The summed E-state index contributed by atoms with van der Waals surface area (Å²) >= 11 is 0. The van der Waals surface area contributed by atoms with Crippen LogP contribution in [-0.4, -0.2) is 53.5 Å². The van der Waals surface area contributed by atoms with Gasteiger partial charge in [-0.1, -0.05) is 19.1 Å². The first-order valence-corrected chi connectivity index (χ1v) is 13.3. The van der Waals surface area contributed by atoms with Gasteiger partial charge in [-0.25, -0.2) is 4.98 Å². The minimum atomic E-state index is -0.251. The molecule has 0 radical (unpaired) electrons. The van der Waals surface area contributed by atoms with Gasteiger partial charge >= 0.3 is 0 Å². The molecule has 2 amide bonds.